The van der Waals surface area contributed by atoms with Crippen LogP contribution in [0.5, 0.6) is 0 Å². The van der Waals surface area contributed by atoms with Crippen molar-refractivity contribution >= 4 is 5.91 Å². The Labute approximate surface area is 125 Å². The molecule has 10 heteroatoms. The fourth-order valence-electron chi connectivity index (χ4n) is 1.60. The molecular weight excluding hydrogens is 338 g/mol. The Kier molecular flexibility index (Phi) is 5.27. The van der Waals surface area contributed by atoms with Crippen molar-refractivity contribution in [2.45, 2.75) is 37.2 Å². The highest BCUT2D eigenvalue weighted by Crippen LogP contribution is 2.48. The van der Waals surface area contributed by atoms with E-state index < -0.39 is 36.1 Å². The first-order valence-corrected chi connectivity index (χ1v) is 6.13. The van der Waals surface area contributed by atoms with Crippen molar-refractivity contribution in [3.63, 3.8) is 0 Å². The summed E-state index contributed by atoms with van der Waals surface area (Å²) in [6.45, 7) is 1.13. The van der Waals surface area contributed by atoms with Gasteiger partial charge in [-0.25, -0.2) is 8.78 Å². The quantitative estimate of drug-likeness (QED) is 0.772. The second-order valence-electron chi connectivity index (χ2n) is 4.68. The first kappa shape index (κ1) is 19.2. The smallest absolute Gasteiger partial charge is 0.344 e. The highest BCUT2D eigenvalue weighted by molar-refractivity contribution is 5.85. The molecule has 1 rings (SSSR count). The van der Waals surface area contributed by atoms with E-state index in [2.05, 4.69) is 0 Å². The van der Waals surface area contributed by atoms with Gasteiger partial charge in [0, 0.05) is 0 Å². The van der Waals surface area contributed by atoms with E-state index in [1.807, 2.05) is 0 Å². The molecule has 0 heterocycles. The van der Waals surface area contributed by atoms with Crippen molar-refractivity contribution in [2.75, 3.05) is 0 Å². The number of nitrogens with one attached hydrogen (secondary N) is 1. The zero-order valence-electron chi connectivity index (χ0n) is 11.5. The first-order chi connectivity index (χ1) is 10.4. The minimum atomic E-state index is -6.56. The van der Waals surface area contributed by atoms with Crippen molar-refractivity contribution in [1.29, 1.82) is 0 Å². The number of carbonyl (C=O) groups is 1. The second kappa shape index (κ2) is 6.32. The van der Waals surface area contributed by atoms with Crippen molar-refractivity contribution in [2.24, 2.45) is 0 Å². The molecule has 0 saturated heterocycles. The van der Waals surface area contributed by atoms with Gasteiger partial charge in [-0.15, -0.1) is 0 Å². The van der Waals surface area contributed by atoms with E-state index in [4.69, 9.17) is 0 Å². The van der Waals surface area contributed by atoms with Crippen molar-refractivity contribution in [3.05, 3.63) is 35.9 Å². The Morgan fingerprint density at radius 3 is 1.91 bits per heavy atom. The average Bonchev–Trinajstić information content (AvgIpc) is 2.47. The van der Waals surface area contributed by atoms with Gasteiger partial charge >= 0.3 is 24.2 Å². The Balaban J connectivity index is 3.01. The van der Waals surface area contributed by atoms with Gasteiger partial charge in [0.15, 0.2) is 0 Å². The molecule has 0 aliphatic rings. The Morgan fingerprint density at radius 2 is 1.48 bits per heavy atom. The SMILES string of the molecule is CC(NC(=O)C(F)(F)C(F)(F)C(F)(F)C(F)F)c1ccccc1. The molecule has 0 aromatic heterocycles. The van der Waals surface area contributed by atoms with E-state index in [-0.39, 0.29) is 5.56 Å². The van der Waals surface area contributed by atoms with Crippen LogP contribution in [-0.2, 0) is 4.79 Å². The lowest BCUT2D eigenvalue weighted by atomic mass is 10.0. The number of hydrogen-bond donors (Lipinski definition) is 1. The Morgan fingerprint density at radius 1 is 1.00 bits per heavy atom. The predicted octanol–water partition coefficient (Wildman–Crippen LogP) is 4.03. The summed E-state index contributed by atoms with van der Waals surface area (Å²) in [7, 11) is 0. The maximum atomic E-state index is 13.4. The molecule has 1 aromatic rings. The van der Waals surface area contributed by atoms with Crippen LogP contribution in [-0.4, -0.2) is 30.1 Å². The van der Waals surface area contributed by atoms with Gasteiger partial charge in [0.1, 0.15) is 0 Å². The van der Waals surface area contributed by atoms with Gasteiger partial charge in [-0.05, 0) is 12.5 Å². The third-order valence-electron chi connectivity index (χ3n) is 3.02. The fraction of sp³-hybridized carbons (Fsp3) is 0.462. The molecule has 0 fully saturated rings. The van der Waals surface area contributed by atoms with E-state index in [0.717, 1.165) is 6.92 Å². The van der Waals surface area contributed by atoms with Crippen molar-refractivity contribution in [1.82, 2.24) is 5.32 Å². The molecule has 1 N–H and O–H groups in total. The van der Waals surface area contributed by atoms with Crippen LogP contribution in [0, 0.1) is 0 Å². The molecule has 130 valence electrons. The summed E-state index contributed by atoms with van der Waals surface area (Å²) in [5.41, 5.74) is 0.223. The summed E-state index contributed by atoms with van der Waals surface area (Å²) in [5.74, 6) is -21.7. The van der Waals surface area contributed by atoms with E-state index in [1.165, 1.54) is 29.6 Å². The molecule has 1 atom stereocenters. The van der Waals surface area contributed by atoms with Gasteiger partial charge < -0.3 is 5.32 Å². The standard InChI is InChI=1S/C13H11F8NO/c1-7(8-5-3-2-4-6-8)22-10(23)12(18,19)13(20,21)11(16,17)9(14)15/h2-7,9H,1H3,(H,22,23). The maximum Gasteiger partial charge on any atom is 0.392 e. The predicted molar refractivity (Wildman–Crippen MR) is 63.8 cm³/mol. The van der Waals surface area contributed by atoms with Crippen LogP contribution in [0.2, 0.25) is 0 Å². The number of alkyl halides is 8. The van der Waals surface area contributed by atoms with Gasteiger partial charge in [-0.2, -0.15) is 26.3 Å². The van der Waals surface area contributed by atoms with Crippen LogP contribution in [0.3, 0.4) is 0 Å². The van der Waals surface area contributed by atoms with Crippen LogP contribution in [0.25, 0.3) is 0 Å². The number of amides is 1. The molecular formula is C13H11F8NO. The first-order valence-electron chi connectivity index (χ1n) is 6.13. The third-order valence-corrected chi connectivity index (χ3v) is 3.02. The number of carbonyl (C=O) groups excluding carboxylic acids is 1. The molecule has 0 aliphatic heterocycles. The van der Waals surface area contributed by atoms with Crippen LogP contribution in [0.1, 0.15) is 18.5 Å². The molecule has 23 heavy (non-hydrogen) atoms. The Bertz CT molecular complexity index is 546. The summed E-state index contributed by atoms with van der Waals surface area (Å²) in [5, 5.41) is 1.41. The second-order valence-corrected chi connectivity index (χ2v) is 4.68. The lowest BCUT2D eigenvalue weighted by molar-refractivity contribution is -0.327. The maximum absolute atomic E-state index is 13.4. The number of hydrogen-bond acceptors (Lipinski definition) is 1. The molecule has 0 saturated carbocycles. The minimum Gasteiger partial charge on any atom is -0.344 e. The number of rotatable bonds is 6. The average molecular weight is 349 g/mol. The fourth-order valence-corrected chi connectivity index (χ4v) is 1.60. The number of benzene rings is 1. The third kappa shape index (κ3) is 3.40. The molecule has 0 aliphatic carbocycles. The molecule has 0 spiro atoms. The van der Waals surface area contributed by atoms with Gasteiger partial charge in [-0.3, -0.25) is 4.79 Å². The summed E-state index contributed by atoms with van der Waals surface area (Å²) < 4.78 is 102. The van der Waals surface area contributed by atoms with E-state index in [0.29, 0.717) is 0 Å². The van der Waals surface area contributed by atoms with Crippen LogP contribution >= 0.6 is 0 Å². The lowest BCUT2D eigenvalue weighted by Gasteiger charge is -2.31. The van der Waals surface area contributed by atoms with Gasteiger partial charge in [-0.1, -0.05) is 30.3 Å². The largest absolute Gasteiger partial charge is 0.392 e. The normalized spacial score (nSPS) is 14.7. The molecule has 0 bridgehead atoms. The lowest BCUT2D eigenvalue weighted by Crippen LogP contribution is -2.63. The van der Waals surface area contributed by atoms with Crippen LogP contribution in [0.15, 0.2) is 30.3 Å². The minimum absolute atomic E-state index is 0.223. The molecule has 2 nitrogen and oxygen atoms in total. The monoisotopic (exact) mass is 349 g/mol. The van der Waals surface area contributed by atoms with E-state index in [1.54, 1.807) is 6.07 Å². The highest BCUT2D eigenvalue weighted by Gasteiger charge is 2.78. The highest BCUT2D eigenvalue weighted by atomic mass is 19.4. The summed E-state index contributed by atoms with van der Waals surface area (Å²) in [6, 6.07) is 5.94. The van der Waals surface area contributed by atoms with Gasteiger partial charge in [0.2, 0.25) is 0 Å². The Hall–Kier alpha value is -1.87. The van der Waals surface area contributed by atoms with Crippen molar-refractivity contribution < 1.29 is 39.9 Å². The zero-order valence-corrected chi connectivity index (χ0v) is 11.5. The van der Waals surface area contributed by atoms with Crippen LogP contribution in [0.4, 0.5) is 35.1 Å². The van der Waals surface area contributed by atoms with Crippen LogP contribution < -0.4 is 5.32 Å². The number of halogens is 8. The molecule has 0 radical (unpaired) electrons. The summed E-state index contributed by atoms with van der Waals surface area (Å²) in [6.07, 6.45) is -5.07. The molecule has 1 aromatic carbocycles. The van der Waals surface area contributed by atoms with E-state index in [9.17, 15) is 39.9 Å². The van der Waals surface area contributed by atoms with E-state index >= 15 is 0 Å². The molecule has 1 amide bonds. The molecule has 1 unspecified atom stereocenters. The van der Waals surface area contributed by atoms with Gasteiger partial charge in [0.05, 0.1) is 6.04 Å². The van der Waals surface area contributed by atoms with Gasteiger partial charge in [0.25, 0.3) is 5.91 Å². The van der Waals surface area contributed by atoms with Crippen molar-refractivity contribution in [3.8, 4) is 0 Å². The zero-order chi connectivity index (χ0) is 18.1. The topological polar surface area (TPSA) is 29.1 Å². The summed E-state index contributed by atoms with van der Waals surface area (Å²) in [4.78, 5) is 11.2. The summed E-state index contributed by atoms with van der Waals surface area (Å²) >= 11 is 0.